The van der Waals surface area contributed by atoms with Gasteiger partial charge in [0.25, 0.3) is 0 Å². The molecule has 1 saturated carbocycles. The number of allylic oxidation sites excluding steroid dienone is 3. The van der Waals surface area contributed by atoms with Crippen molar-refractivity contribution in [3.05, 3.63) is 23.4 Å². The number of carbonyl (C=O) groups excluding carboxylic acids is 2. The van der Waals surface area contributed by atoms with Gasteiger partial charge in [0.1, 0.15) is 5.60 Å². The Hall–Kier alpha value is -1.58. The molecular weight excluding hydrogens is 302 g/mol. The monoisotopic (exact) mass is 331 g/mol. The maximum absolute atomic E-state index is 13.0. The number of hydrogen-bond donors (Lipinski definition) is 0. The molecule has 0 radical (unpaired) electrons. The van der Waals surface area contributed by atoms with Crippen LogP contribution in [0.15, 0.2) is 23.4 Å². The van der Waals surface area contributed by atoms with Gasteiger partial charge in [0.05, 0.1) is 0 Å². The van der Waals surface area contributed by atoms with Crippen LogP contribution in [0.5, 0.6) is 0 Å². The van der Waals surface area contributed by atoms with Gasteiger partial charge in [-0.2, -0.15) is 0 Å². The van der Waals surface area contributed by atoms with Gasteiger partial charge in [-0.1, -0.05) is 6.42 Å². The zero-order valence-electron chi connectivity index (χ0n) is 15.3. The molecule has 2 fully saturated rings. The second-order valence-electron chi connectivity index (χ2n) is 8.35. The Morgan fingerprint density at radius 3 is 2.62 bits per heavy atom. The molecule has 24 heavy (non-hydrogen) atoms. The number of esters is 1. The SMILES string of the molecule is CC1=C(/C=C/C(=O)OC(C)(C)C)C(=O)[C@H]2CCC[C@@H]3CCCN1C32. The summed E-state index contributed by atoms with van der Waals surface area (Å²) in [7, 11) is 0. The summed E-state index contributed by atoms with van der Waals surface area (Å²) in [5.74, 6) is 0.594. The number of nitrogens with zero attached hydrogens (tertiary/aromatic N) is 1. The summed E-state index contributed by atoms with van der Waals surface area (Å²) in [5.41, 5.74) is 1.22. The van der Waals surface area contributed by atoms with Crippen molar-refractivity contribution in [2.24, 2.45) is 11.8 Å². The molecule has 0 spiro atoms. The van der Waals surface area contributed by atoms with Gasteiger partial charge in [-0.05, 0) is 65.4 Å². The lowest BCUT2D eigenvalue weighted by molar-refractivity contribution is -0.148. The molecule has 0 bridgehead atoms. The van der Waals surface area contributed by atoms with Crippen LogP contribution in [0.2, 0.25) is 0 Å². The lowest BCUT2D eigenvalue weighted by Crippen LogP contribution is -2.55. The summed E-state index contributed by atoms with van der Waals surface area (Å²) in [5, 5.41) is 0. The van der Waals surface area contributed by atoms with Crippen LogP contribution < -0.4 is 0 Å². The summed E-state index contributed by atoms with van der Waals surface area (Å²) >= 11 is 0. The first-order valence-electron chi connectivity index (χ1n) is 9.21. The number of Topliss-reactive ketones (excluding diaryl/α,β-unsaturated/α-hetero) is 1. The summed E-state index contributed by atoms with van der Waals surface area (Å²) in [6, 6.07) is 0.388. The third kappa shape index (κ3) is 3.28. The number of piperidine rings is 1. The maximum atomic E-state index is 13.0. The van der Waals surface area contributed by atoms with Crippen molar-refractivity contribution in [3.8, 4) is 0 Å². The second-order valence-corrected chi connectivity index (χ2v) is 8.35. The van der Waals surface area contributed by atoms with Crippen LogP contribution in [0.25, 0.3) is 0 Å². The zero-order chi connectivity index (χ0) is 17.5. The summed E-state index contributed by atoms with van der Waals surface area (Å²) < 4.78 is 5.31. The van der Waals surface area contributed by atoms with E-state index < -0.39 is 11.6 Å². The molecule has 1 saturated heterocycles. The molecule has 0 amide bonds. The largest absolute Gasteiger partial charge is 0.457 e. The van der Waals surface area contributed by atoms with E-state index >= 15 is 0 Å². The molecule has 2 heterocycles. The number of carbonyl (C=O) groups is 2. The number of ether oxygens (including phenoxy) is 1. The normalized spacial score (nSPS) is 30.6. The molecule has 3 rings (SSSR count). The van der Waals surface area contributed by atoms with E-state index in [1.54, 1.807) is 6.08 Å². The van der Waals surface area contributed by atoms with E-state index in [0.29, 0.717) is 17.5 Å². The highest BCUT2D eigenvalue weighted by Gasteiger charge is 2.46. The highest BCUT2D eigenvalue weighted by Crippen LogP contribution is 2.45. The maximum Gasteiger partial charge on any atom is 0.331 e. The molecule has 2 aliphatic heterocycles. The predicted octanol–water partition coefficient (Wildman–Crippen LogP) is 3.62. The van der Waals surface area contributed by atoms with E-state index in [9.17, 15) is 9.59 Å². The first-order valence-corrected chi connectivity index (χ1v) is 9.21. The van der Waals surface area contributed by atoms with E-state index in [1.165, 1.54) is 25.3 Å². The summed E-state index contributed by atoms with van der Waals surface area (Å²) in [4.78, 5) is 27.4. The topological polar surface area (TPSA) is 46.6 Å². The highest BCUT2D eigenvalue weighted by atomic mass is 16.6. The minimum atomic E-state index is -0.518. The lowest BCUT2D eigenvalue weighted by Gasteiger charge is -2.52. The van der Waals surface area contributed by atoms with Crippen LogP contribution in [-0.2, 0) is 14.3 Å². The highest BCUT2D eigenvalue weighted by molar-refractivity contribution is 6.02. The van der Waals surface area contributed by atoms with Gasteiger partial charge in [-0.15, -0.1) is 0 Å². The van der Waals surface area contributed by atoms with E-state index in [-0.39, 0.29) is 11.7 Å². The molecule has 3 aliphatic rings. The van der Waals surface area contributed by atoms with Gasteiger partial charge in [0.15, 0.2) is 5.78 Å². The van der Waals surface area contributed by atoms with Gasteiger partial charge < -0.3 is 9.64 Å². The predicted molar refractivity (Wildman–Crippen MR) is 93.3 cm³/mol. The van der Waals surface area contributed by atoms with Crippen molar-refractivity contribution in [3.63, 3.8) is 0 Å². The molecule has 1 unspecified atom stereocenters. The van der Waals surface area contributed by atoms with E-state index in [1.807, 2.05) is 27.7 Å². The molecule has 0 N–H and O–H groups in total. The number of ketones is 1. The van der Waals surface area contributed by atoms with E-state index in [2.05, 4.69) is 4.90 Å². The number of hydrogen-bond acceptors (Lipinski definition) is 4. The number of rotatable bonds is 2. The van der Waals surface area contributed by atoms with Gasteiger partial charge in [0, 0.05) is 35.9 Å². The molecule has 132 valence electrons. The van der Waals surface area contributed by atoms with Crippen LogP contribution in [0.1, 0.15) is 59.8 Å². The van der Waals surface area contributed by atoms with Crippen molar-refractivity contribution < 1.29 is 14.3 Å². The Bertz CT molecular complexity index is 594. The standard InChI is InChI=1S/C20H29NO3/c1-13-15(10-11-17(22)24-20(2,3)4)19(23)16-9-5-7-14-8-6-12-21(13)18(14)16/h10-11,14,16,18H,5-9,12H2,1-4H3/b11-10+/t14-,16+,18?/m1/s1. The quantitative estimate of drug-likeness (QED) is 0.573. The minimum Gasteiger partial charge on any atom is -0.457 e. The van der Waals surface area contributed by atoms with Crippen molar-refractivity contribution in [1.82, 2.24) is 4.90 Å². The molecule has 3 atom stereocenters. The average molecular weight is 331 g/mol. The fourth-order valence-electron chi connectivity index (χ4n) is 4.63. The smallest absolute Gasteiger partial charge is 0.331 e. The van der Waals surface area contributed by atoms with Crippen molar-refractivity contribution in [2.45, 2.75) is 71.4 Å². The van der Waals surface area contributed by atoms with Gasteiger partial charge in [-0.3, -0.25) is 4.79 Å². The van der Waals surface area contributed by atoms with Crippen LogP contribution in [0.3, 0.4) is 0 Å². The molecule has 0 aromatic rings. The second kappa shape index (κ2) is 6.38. The molecule has 4 heteroatoms. The van der Waals surface area contributed by atoms with Crippen molar-refractivity contribution in [1.29, 1.82) is 0 Å². The third-order valence-electron chi connectivity index (χ3n) is 5.53. The average Bonchev–Trinajstić information content (AvgIpc) is 2.50. The third-order valence-corrected chi connectivity index (χ3v) is 5.53. The van der Waals surface area contributed by atoms with Crippen LogP contribution in [0.4, 0.5) is 0 Å². The minimum absolute atomic E-state index is 0.103. The first-order chi connectivity index (χ1) is 11.3. The Kier molecular flexibility index (Phi) is 4.58. The fourth-order valence-corrected chi connectivity index (χ4v) is 4.63. The Balaban J connectivity index is 1.85. The zero-order valence-corrected chi connectivity index (χ0v) is 15.3. The molecule has 0 aromatic heterocycles. The Labute approximate surface area is 144 Å². The van der Waals surface area contributed by atoms with Crippen LogP contribution in [0, 0.1) is 11.8 Å². The van der Waals surface area contributed by atoms with Crippen LogP contribution in [-0.4, -0.2) is 34.8 Å². The Morgan fingerprint density at radius 2 is 1.92 bits per heavy atom. The summed E-state index contributed by atoms with van der Waals surface area (Å²) in [6.45, 7) is 8.58. The molecular formula is C20H29NO3. The van der Waals surface area contributed by atoms with Gasteiger partial charge >= 0.3 is 5.97 Å². The molecule has 0 aromatic carbocycles. The van der Waals surface area contributed by atoms with Crippen molar-refractivity contribution in [2.75, 3.05) is 6.54 Å². The van der Waals surface area contributed by atoms with Crippen LogP contribution >= 0.6 is 0 Å². The Morgan fingerprint density at radius 1 is 1.21 bits per heavy atom. The van der Waals surface area contributed by atoms with Gasteiger partial charge in [0.2, 0.25) is 0 Å². The summed E-state index contributed by atoms with van der Waals surface area (Å²) in [6.07, 6.45) is 8.92. The lowest BCUT2D eigenvalue weighted by atomic mass is 9.67. The molecule has 4 nitrogen and oxygen atoms in total. The van der Waals surface area contributed by atoms with Gasteiger partial charge in [-0.25, -0.2) is 4.79 Å². The van der Waals surface area contributed by atoms with E-state index in [0.717, 1.165) is 25.1 Å². The first kappa shape index (κ1) is 17.2. The van der Waals surface area contributed by atoms with Crippen molar-refractivity contribution >= 4 is 11.8 Å². The fraction of sp³-hybridized carbons (Fsp3) is 0.700. The molecule has 1 aliphatic carbocycles. The van der Waals surface area contributed by atoms with E-state index in [4.69, 9.17) is 4.74 Å².